The molecular formula is C9H9NO3S. The van der Waals surface area contributed by atoms with Crippen molar-refractivity contribution in [3.8, 4) is 0 Å². The summed E-state index contributed by atoms with van der Waals surface area (Å²) in [6.07, 6.45) is 0. The van der Waals surface area contributed by atoms with Gasteiger partial charge in [0.1, 0.15) is 5.58 Å². The Bertz CT molecular complexity index is 583. The Kier molecular flexibility index (Phi) is 1.87. The zero-order chi connectivity index (χ0) is 10.3. The molecule has 0 bridgehead atoms. The van der Waals surface area contributed by atoms with Crippen molar-refractivity contribution in [2.45, 2.75) is 12.0 Å². The zero-order valence-corrected chi connectivity index (χ0v) is 8.34. The van der Waals surface area contributed by atoms with Gasteiger partial charge in [0, 0.05) is 11.5 Å². The Balaban J connectivity index is 2.81. The summed E-state index contributed by atoms with van der Waals surface area (Å²) in [5, 5.41) is 5.50. The van der Waals surface area contributed by atoms with Crippen molar-refractivity contribution < 1.29 is 12.8 Å². The van der Waals surface area contributed by atoms with Crippen molar-refractivity contribution in [3.63, 3.8) is 0 Å². The maximum atomic E-state index is 11.0. The lowest BCUT2D eigenvalue weighted by molar-refractivity contribution is 0.481. The first-order valence-electron chi connectivity index (χ1n) is 4.00. The number of para-hydroxylation sites is 1. The number of aryl methyl sites for hydroxylation is 1. The number of hydrogen-bond donors (Lipinski definition) is 1. The third kappa shape index (κ3) is 1.40. The van der Waals surface area contributed by atoms with Crippen molar-refractivity contribution in [3.05, 3.63) is 29.8 Å². The van der Waals surface area contributed by atoms with Crippen LogP contribution in [0.3, 0.4) is 0 Å². The second-order valence-corrected chi connectivity index (χ2v) is 4.60. The molecule has 0 atom stereocenters. The van der Waals surface area contributed by atoms with E-state index < -0.39 is 10.0 Å². The summed E-state index contributed by atoms with van der Waals surface area (Å²) in [6, 6.07) is 6.89. The molecule has 0 aliphatic carbocycles. The highest BCUT2D eigenvalue weighted by Crippen LogP contribution is 2.24. The average molecular weight is 211 g/mol. The number of primary sulfonamides is 1. The van der Waals surface area contributed by atoms with E-state index in [1.54, 1.807) is 6.07 Å². The first-order chi connectivity index (χ1) is 6.48. The SMILES string of the molecule is Cc1cccc2cc(S(N)(=O)=O)oc12. The highest BCUT2D eigenvalue weighted by Gasteiger charge is 2.14. The second-order valence-electron chi connectivity index (χ2n) is 3.10. The Hall–Kier alpha value is -1.33. The summed E-state index contributed by atoms with van der Waals surface area (Å²) in [4.78, 5) is 0. The Morgan fingerprint density at radius 3 is 2.64 bits per heavy atom. The number of benzene rings is 1. The van der Waals surface area contributed by atoms with Gasteiger partial charge in [0.05, 0.1) is 0 Å². The molecule has 2 aromatic rings. The molecule has 0 unspecified atom stereocenters. The molecule has 1 aromatic heterocycles. The normalized spacial score (nSPS) is 12.1. The van der Waals surface area contributed by atoms with Crippen LogP contribution < -0.4 is 5.14 Å². The van der Waals surface area contributed by atoms with Gasteiger partial charge in [0.2, 0.25) is 5.09 Å². The molecule has 4 nitrogen and oxygen atoms in total. The molecule has 1 aromatic carbocycles. The van der Waals surface area contributed by atoms with Crippen molar-refractivity contribution in [1.82, 2.24) is 0 Å². The summed E-state index contributed by atoms with van der Waals surface area (Å²) in [6.45, 7) is 1.85. The minimum absolute atomic E-state index is 0.193. The molecule has 0 fully saturated rings. The van der Waals surface area contributed by atoms with E-state index in [-0.39, 0.29) is 5.09 Å². The van der Waals surface area contributed by atoms with E-state index in [1.807, 2.05) is 19.1 Å². The van der Waals surface area contributed by atoms with Gasteiger partial charge >= 0.3 is 0 Å². The first kappa shape index (κ1) is 9.23. The average Bonchev–Trinajstić information content (AvgIpc) is 2.48. The van der Waals surface area contributed by atoms with E-state index in [9.17, 15) is 8.42 Å². The fourth-order valence-electron chi connectivity index (χ4n) is 1.33. The maximum Gasteiger partial charge on any atom is 0.271 e. The van der Waals surface area contributed by atoms with Gasteiger partial charge in [-0.25, -0.2) is 13.6 Å². The van der Waals surface area contributed by atoms with Gasteiger partial charge in [-0.1, -0.05) is 18.2 Å². The van der Waals surface area contributed by atoms with Crippen molar-refractivity contribution >= 4 is 21.0 Å². The van der Waals surface area contributed by atoms with Crippen LogP contribution in [0.4, 0.5) is 0 Å². The molecule has 0 saturated carbocycles. The van der Waals surface area contributed by atoms with Crippen LogP contribution in [0.5, 0.6) is 0 Å². The van der Waals surface area contributed by atoms with E-state index in [2.05, 4.69) is 0 Å². The van der Waals surface area contributed by atoms with Crippen LogP contribution in [0.15, 0.2) is 33.8 Å². The van der Waals surface area contributed by atoms with Gasteiger partial charge < -0.3 is 4.42 Å². The Morgan fingerprint density at radius 1 is 1.36 bits per heavy atom. The lowest BCUT2D eigenvalue weighted by Crippen LogP contribution is -2.10. The molecule has 1 heterocycles. The lowest BCUT2D eigenvalue weighted by atomic mass is 10.2. The van der Waals surface area contributed by atoms with Crippen LogP contribution in [0.25, 0.3) is 11.0 Å². The number of rotatable bonds is 1. The molecule has 2 rings (SSSR count). The largest absolute Gasteiger partial charge is 0.443 e. The number of hydrogen-bond acceptors (Lipinski definition) is 3. The van der Waals surface area contributed by atoms with E-state index in [0.29, 0.717) is 5.58 Å². The van der Waals surface area contributed by atoms with Gasteiger partial charge in [0.15, 0.2) is 0 Å². The Labute approximate surface area is 81.4 Å². The summed E-state index contributed by atoms with van der Waals surface area (Å²) in [5.74, 6) is 0. The quantitative estimate of drug-likeness (QED) is 0.774. The lowest BCUT2D eigenvalue weighted by Gasteiger charge is -1.92. The number of fused-ring (bicyclic) bond motifs is 1. The van der Waals surface area contributed by atoms with E-state index in [0.717, 1.165) is 10.9 Å². The van der Waals surface area contributed by atoms with Gasteiger partial charge in [-0.15, -0.1) is 0 Å². The van der Waals surface area contributed by atoms with E-state index in [4.69, 9.17) is 9.56 Å². The number of nitrogens with two attached hydrogens (primary N) is 1. The minimum atomic E-state index is -3.75. The first-order valence-corrected chi connectivity index (χ1v) is 5.55. The van der Waals surface area contributed by atoms with E-state index >= 15 is 0 Å². The molecule has 0 radical (unpaired) electrons. The van der Waals surface area contributed by atoms with Crippen LogP contribution in [0.1, 0.15) is 5.56 Å². The van der Waals surface area contributed by atoms with Crippen LogP contribution in [0.2, 0.25) is 0 Å². The second kappa shape index (κ2) is 2.83. The third-order valence-corrected chi connectivity index (χ3v) is 2.76. The summed E-state index contributed by atoms with van der Waals surface area (Å²) in [7, 11) is -3.75. The van der Waals surface area contributed by atoms with Crippen molar-refractivity contribution in [2.24, 2.45) is 5.14 Å². The molecule has 0 amide bonds. The van der Waals surface area contributed by atoms with Crippen LogP contribution in [-0.2, 0) is 10.0 Å². The number of sulfonamides is 1. The van der Waals surface area contributed by atoms with Crippen molar-refractivity contribution in [2.75, 3.05) is 0 Å². The van der Waals surface area contributed by atoms with Gasteiger partial charge in [-0.3, -0.25) is 0 Å². The third-order valence-electron chi connectivity index (χ3n) is 2.00. The Morgan fingerprint density at radius 2 is 2.07 bits per heavy atom. The zero-order valence-electron chi connectivity index (χ0n) is 7.52. The fraction of sp³-hybridized carbons (Fsp3) is 0.111. The van der Waals surface area contributed by atoms with Crippen LogP contribution in [-0.4, -0.2) is 8.42 Å². The summed E-state index contributed by atoms with van der Waals surface area (Å²) >= 11 is 0. The van der Waals surface area contributed by atoms with Gasteiger partial charge in [-0.05, 0) is 12.5 Å². The summed E-state index contributed by atoms with van der Waals surface area (Å²) < 4.78 is 27.1. The molecule has 0 aliphatic rings. The molecular weight excluding hydrogens is 202 g/mol. The summed E-state index contributed by atoms with van der Waals surface area (Å²) in [5.41, 5.74) is 1.45. The topological polar surface area (TPSA) is 73.3 Å². The highest BCUT2D eigenvalue weighted by molar-refractivity contribution is 7.89. The molecule has 5 heteroatoms. The van der Waals surface area contributed by atoms with Gasteiger partial charge in [-0.2, -0.15) is 0 Å². The van der Waals surface area contributed by atoms with Gasteiger partial charge in [0.25, 0.3) is 10.0 Å². The van der Waals surface area contributed by atoms with Crippen LogP contribution in [0, 0.1) is 6.92 Å². The molecule has 14 heavy (non-hydrogen) atoms. The fourth-order valence-corrected chi connectivity index (χ4v) is 1.82. The molecule has 0 aliphatic heterocycles. The van der Waals surface area contributed by atoms with Crippen molar-refractivity contribution in [1.29, 1.82) is 0 Å². The minimum Gasteiger partial charge on any atom is -0.443 e. The maximum absolute atomic E-state index is 11.0. The molecule has 2 N–H and O–H groups in total. The molecule has 0 saturated heterocycles. The molecule has 74 valence electrons. The standard InChI is InChI=1S/C9H9NO3S/c1-6-3-2-4-7-5-8(13-9(6)7)14(10,11)12/h2-5H,1H3,(H2,10,11,12). The number of furan rings is 1. The predicted octanol–water partition coefficient (Wildman–Crippen LogP) is 1.39. The predicted molar refractivity (Wildman–Crippen MR) is 52.3 cm³/mol. The highest BCUT2D eigenvalue weighted by atomic mass is 32.2. The molecule has 0 spiro atoms. The smallest absolute Gasteiger partial charge is 0.271 e. The monoisotopic (exact) mass is 211 g/mol. The van der Waals surface area contributed by atoms with Crippen LogP contribution >= 0.6 is 0 Å². The van der Waals surface area contributed by atoms with E-state index in [1.165, 1.54) is 6.07 Å².